The Balaban J connectivity index is 1.41. The van der Waals surface area contributed by atoms with Gasteiger partial charge in [0.15, 0.2) is 0 Å². The van der Waals surface area contributed by atoms with Crippen molar-refractivity contribution in [3.05, 3.63) is 0 Å². The summed E-state index contributed by atoms with van der Waals surface area (Å²) in [6.45, 7) is 4.64. The topological polar surface area (TPSA) is 26.3 Å². The third kappa shape index (κ3) is 5.23. The first-order valence-electron chi connectivity index (χ1n) is 11.4. The van der Waals surface area contributed by atoms with Crippen molar-refractivity contribution in [2.75, 3.05) is 0 Å². The normalized spacial score (nSPS) is 39.8. The Kier molecular flexibility index (Phi) is 7.25. The van der Waals surface area contributed by atoms with Crippen LogP contribution in [0.1, 0.15) is 104 Å². The van der Waals surface area contributed by atoms with Crippen LogP contribution in [-0.2, 0) is 9.53 Å². The Labute approximate surface area is 155 Å². The van der Waals surface area contributed by atoms with E-state index in [9.17, 15) is 4.79 Å². The van der Waals surface area contributed by atoms with Crippen LogP contribution < -0.4 is 0 Å². The summed E-state index contributed by atoms with van der Waals surface area (Å²) in [4.78, 5) is 12.7. The van der Waals surface area contributed by atoms with Gasteiger partial charge < -0.3 is 4.74 Å². The first kappa shape index (κ1) is 19.2. The third-order valence-electron chi connectivity index (χ3n) is 7.60. The van der Waals surface area contributed by atoms with E-state index in [2.05, 4.69) is 13.8 Å². The van der Waals surface area contributed by atoms with Gasteiger partial charge in [0.2, 0.25) is 0 Å². The van der Waals surface area contributed by atoms with E-state index in [4.69, 9.17) is 4.74 Å². The van der Waals surface area contributed by atoms with Crippen molar-refractivity contribution < 1.29 is 9.53 Å². The molecular weight excluding hydrogens is 308 g/mol. The van der Waals surface area contributed by atoms with Crippen LogP contribution in [0.15, 0.2) is 0 Å². The lowest BCUT2D eigenvalue weighted by atomic mass is 9.71. The molecule has 25 heavy (non-hydrogen) atoms. The molecule has 2 aliphatic carbocycles. The Morgan fingerprint density at radius 1 is 0.840 bits per heavy atom. The average molecular weight is 349 g/mol. The zero-order chi connectivity index (χ0) is 17.6. The van der Waals surface area contributed by atoms with E-state index in [0.717, 1.165) is 24.7 Å². The second-order valence-electron chi connectivity index (χ2n) is 9.46. The minimum Gasteiger partial charge on any atom is -0.462 e. The summed E-state index contributed by atoms with van der Waals surface area (Å²) in [6, 6.07) is 0. The lowest BCUT2D eigenvalue weighted by Gasteiger charge is -2.40. The molecule has 1 saturated heterocycles. The maximum atomic E-state index is 12.7. The first-order valence-corrected chi connectivity index (χ1v) is 11.4. The van der Waals surface area contributed by atoms with Gasteiger partial charge in [-0.2, -0.15) is 0 Å². The van der Waals surface area contributed by atoms with Gasteiger partial charge in [0, 0.05) is 0 Å². The van der Waals surface area contributed by atoms with Crippen LogP contribution in [0, 0.1) is 29.6 Å². The summed E-state index contributed by atoms with van der Waals surface area (Å²) in [5.74, 6) is 3.44. The van der Waals surface area contributed by atoms with Gasteiger partial charge in [0.05, 0.1) is 5.92 Å². The highest BCUT2D eigenvalue weighted by molar-refractivity contribution is 5.73. The van der Waals surface area contributed by atoms with Gasteiger partial charge in [-0.25, -0.2) is 0 Å². The van der Waals surface area contributed by atoms with Crippen molar-refractivity contribution in [3.8, 4) is 0 Å². The van der Waals surface area contributed by atoms with E-state index in [0.29, 0.717) is 11.8 Å². The Hall–Kier alpha value is -0.530. The van der Waals surface area contributed by atoms with Crippen LogP contribution >= 0.6 is 0 Å². The van der Waals surface area contributed by atoms with Crippen molar-refractivity contribution in [3.63, 3.8) is 0 Å². The quantitative estimate of drug-likeness (QED) is 0.403. The molecule has 0 aromatic rings. The van der Waals surface area contributed by atoms with E-state index in [1.165, 1.54) is 77.0 Å². The van der Waals surface area contributed by atoms with Crippen LogP contribution in [0.5, 0.6) is 0 Å². The fourth-order valence-corrected chi connectivity index (χ4v) is 5.74. The molecule has 2 nitrogen and oxygen atoms in total. The summed E-state index contributed by atoms with van der Waals surface area (Å²) in [5, 5.41) is 0. The standard InChI is InChI=1S/C23H40O2/c1-3-4-5-6-18-9-13-19(14-10-18)21-15-16-22(25-23(21)24)20-11-7-17(2)8-12-20/h17-22H,3-16H2,1-2H3. The molecule has 3 rings (SSSR count). The van der Waals surface area contributed by atoms with Crippen LogP contribution in [0.2, 0.25) is 0 Å². The molecule has 1 aliphatic heterocycles. The molecule has 3 fully saturated rings. The predicted molar refractivity (Wildman–Crippen MR) is 103 cm³/mol. The molecule has 0 spiro atoms. The van der Waals surface area contributed by atoms with Crippen LogP contribution in [0.3, 0.4) is 0 Å². The van der Waals surface area contributed by atoms with Crippen molar-refractivity contribution >= 4 is 5.97 Å². The van der Waals surface area contributed by atoms with Gasteiger partial charge in [-0.1, -0.05) is 65.2 Å². The second kappa shape index (κ2) is 9.42. The molecule has 2 heteroatoms. The number of hydrogen-bond donors (Lipinski definition) is 0. The number of hydrogen-bond acceptors (Lipinski definition) is 2. The summed E-state index contributed by atoms with van der Waals surface area (Å²) in [6.07, 6.45) is 18.4. The number of esters is 1. The highest BCUT2D eigenvalue weighted by Gasteiger charge is 2.40. The number of cyclic esters (lactones) is 1. The molecule has 2 saturated carbocycles. The van der Waals surface area contributed by atoms with Crippen LogP contribution in [0.25, 0.3) is 0 Å². The number of carbonyl (C=O) groups excluding carboxylic acids is 1. The molecule has 144 valence electrons. The maximum absolute atomic E-state index is 12.7. The van der Waals surface area contributed by atoms with Crippen LogP contribution in [0.4, 0.5) is 0 Å². The molecule has 0 radical (unpaired) electrons. The zero-order valence-electron chi connectivity index (χ0n) is 16.7. The largest absolute Gasteiger partial charge is 0.462 e. The highest BCUT2D eigenvalue weighted by atomic mass is 16.5. The first-order chi connectivity index (χ1) is 12.2. The third-order valence-corrected chi connectivity index (χ3v) is 7.60. The fourth-order valence-electron chi connectivity index (χ4n) is 5.74. The zero-order valence-corrected chi connectivity index (χ0v) is 16.7. The molecule has 2 atom stereocenters. The maximum Gasteiger partial charge on any atom is 0.309 e. The molecule has 0 bridgehead atoms. The van der Waals surface area contributed by atoms with Crippen molar-refractivity contribution in [1.82, 2.24) is 0 Å². The van der Waals surface area contributed by atoms with Gasteiger partial charge >= 0.3 is 5.97 Å². The van der Waals surface area contributed by atoms with Gasteiger partial charge in [0.1, 0.15) is 6.10 Å². The lowest BCUT2D eigenvalue weighted by molar-refractivity contribution is -0.168. The highest BCUT2D eigenvalue weighted by Crippen LogP contribution is 2.42. The van der Waals surface area contributed by atoms with Crippen molar-refractivity contribution in [2.45, 2.75) is 110 Å². The summed E-state index contributed by atoms with van der Waals surface area (Å²) in [5.41, 5.74) is 0. The van der Waals surface area contributed by atoms with Crippen LogP contribution in [-0.4, -0.2) is 12.1 Å². The van der Waals surface area contributed by atoms with Gasteiger partial charge in [-0.15, -0.1) is 0 Å². The summed E-state index contributed by atoms with van der Waals surface area (Å²) >= 11 is 0. The predicted octanol–water partition coefficient (Wildman–Crippen LogP) is 6.52. The van der Waals surface area contributed by atoms with E-state index < -0.39 is 0 Å². The molecule has 0 amide bonds. The van der Waals surface area contributed by atoms with Gasteiger partial charge in [-0.3, -0.25) is 4.79 Å². The molecule has 3 aliphatic rings. The Morgan fingerprint density at radius 3 is 2.16 bits per heavy atom. The monoisotopic (exact) mass is 348 g/mol. The fraction of sp³-hybridized carbons (Fsp3) is 0.957. The Bertz CT molecular complexity index is 402. The van der Waals surface area contributed by atoms with E-state index in [-0.39, 0.29) is 18.0 Å². The number of ether oxygens (including phenoxy) is 1. The molecular formula is C23H40O2. The number of unbranched alkanes of at least 4 members (excludes halogenated alkanes) is 2. The minimum absolute atomic E-state index is 0.157. The van der Waals surface area contributed by atoms with E-state index in [1.54, 1.807) is 0 Å². The number of rotatable bonds is 6. The SMILES string of the molecule is CCCCCC1CCC(C2CCC(C3CCC(C)CC3)OC2=O)CC1. The van der Waals surface area contributed by atoms with E-state index in [1.807, 2.05) is 0 Å². The van der Waals surface area contributed by atoms with Crippen molar-refractivity contribution in [2.24, 2.45) is 29.6 Å². The Morgan fingerprint density at radius 2 is 1.52 bits per heavy atom. The molecule has 0 N–H and O–H groups in total. The van der Waals surface area contributed by atoms with E-state index >= 15 is 0 Å². The molecule has 0 aromatic carbocycles. The van der Waals surface area contributed by atoms with Gasteiger partial charge in [-0.05, 0) is 62.2 Å². The minimum atomic E-state index is 0.157. The van der Waals surface area contributed by atoms with Crippen molar-refractivity contribution in [1.29, 1.82) is 0 Å². The second-order valence-corrected chi connectivity index (χ2v) is 9.46. The summed E-state index contributed by atoms with van der Waals surface area (Å²) < 4.78 is 5.99. The van der Waals surface area contributed by atoms with Gasteiger partial charge in [0.25, 0.3) is 0 Å². The lowest BCUT2D eigenvalue weighted by Crippen LogP contribution is -2.40. The number of carbonyl (C=O) groups is 1. The smallest absolute Gasteiger partial charge is 0.309 e. The molecule has 1 heterocycles. The molecule has 0 aromatic heterocycles. The summed E-state index contributed by atoms with van der Waals surface area (Å²) in [7, 11) is 0. The molecule has 2 unspecified atom stereocenters. The average Bonchev–Trinajstić information content (AvgIpc) is 2.63.